The molecule has 2 rings (SSSR count). The van der Waals surface area contributed by atoms with Crippen molar-refractivity contribution in [3.63, 3.8) is 0 Å². The number of thiophene rings is 1. The third-order valence-corrected chi connectivity index (χ3v) is 4.75. The van der Waals surface area contributed by atoms with E-state index in [0.717, 1.165) is 6.54 Å². The first-order chi connectivity index (χ1) is 8.53. The number of alkyl halides is 2. The van der Waals surface area contributed by atoms with Gasteiger partial charge in [0.05, 0.1) is 0 Å². The summed E-state index contributed by atoms with van der Waals surface area (Å²) in [7, 11) is 0. The van der Waals surface area contributed by atoms with Crippen LogP contribution in [0.4, 0.5) is 8.78 Å². The zero-order valence-corrected chi connectivity index (χ0v) is 11.8. The molecule has 0 spiro atoms. The highest BCUT2D eigenvalue weighted by Crippen LogP contribution is 2.42. The van der Waals surface area contributed by atoms with E-state index in [0.29, 0.717) is 18.8 Å². The highest BCUT2D eigenvalue weighted by molar-refractivity contribution is 7.10. The smallest absolute Gasteiger partial charge is 0.248 e. The molecule has 1 atom stereocenters. The molecule has 0 amide bonds. The third-order valence-electron chi connectivity index (χ3n) is 3.89. The Balaban J connectivity index is 2.10. The molecule has 4 heteroatoms. The summed E-state index contributed by atoms with van der Waals surface area (Å²) in [5.41, 5.74) is 1.30. The minimum Gasteiger partial charge on any atom is -0.310 e. The molecule has 0 bridgehead atoms. The van der Waals surface area contributed by atoms with Gasteiger partial charge in [-0.25, -0.2) is 8.78 Å². The topological polar surface area (TPSA) is 12.0 Å². The van der Waals surface area contributed by atoms with Crippen molar-refractivity contribution in [2.75, 3.05) is 6.54 Å². The van der Waals surface area contributed by atoms with Gasteiger partial charge in [0.1, 0.15) is 0 Å². The zero-order valence-electron chi connectivity index (χ0n) is 11.0. The Morgan fingerprint density at radius 2 is 2.11 bits per heavy atom. The highest BCUT2D eigenvalue weighted by Gasteiger charge is 2.38. The Hall–Kier alpha value is -0.480. The lowest BCUT2D eigenvalue weighted by Gasteiger charge is -2.34. The molecule has 1 aliphatic rings. The fraction of sp³-hybridized carbons (Fsp3) is 0.714. The van der Waals surface area contributed by atoms with Gasteiger partial charge >= 0.3 is 0 Å². The van der Waals surface area contributed by atoms with Gasteiger partial charge in [0.25, 0.3) is 0 Å². The van der Waals surface area contributed by atoms with Crippen molar-refractivity contribution in [2.24, 2.45) is 5.92 Å². The summed E-state index contributed by atoms with van der Waals surface area (Å²) in [6.07, 6.45) is 1.34. The van der Waals surface area contributed by atoms with Crippen molar-refractivity contribution >= 4 is 11.3 Å². The number of hydrogen-bond donors (Lipinski definition) is 1. The molecular formula is C14H21F2NS. The minimum atomic E-state index is -2.43. The Morgan fingerprint density at radius 1 is 1.44 bits per heavy atom. The first kappa shape index (κ1) is 13.9. The molecule has 1 aromatic heterocycles. The van der Waals surface area contributed by atoms with Crippen LogP contribution in [0.1, 0.15) is 49.1 Å². The number of hydrogen-bond acceptors (Lipinski definition) is 2. The molecule has 102 valence electrons. The van der Waals surface area contributed by atoms with Crippen LogP contribution in [0.25, 0.3) is 0 Å². The predicted octanol–water partition coefficient (Wildman–Crippen LogP) is 4.53. The van der Waals surface area contributed by atoms with E-state index in [9.17, 15) is 8.78 Å². The summed E-state index contributed by atoms with van der Waals surface area (Å²) in [6.45, 7) is 5.07. The van der Waals surface area contributed by atoms with Crippen LogP contribution in [-0.2, 0) is 0 Å². The molecule has 1 aromatic rings. The first-order valence-electron chi connectivity index (χ1n) is 6.68. The van der Waals surface area contributed by atoms with Crippen LogP contribution in [0.5, 0.6) is 0 Å². The number of rotatable bonds is 4. The molecule has 1 fully saturated rings. The zero-order chi connectivity index (χ0) is 13.2. The standard InChI is InChI=1S/C14H21F2NS/c1-3-17-13(12-6-9-18-10(12)2)11-4-7-14(15,16)8-5-11/h6,9,11,13,17H,3-5,7-8H2,1-2H3. The Labute approximate surface area is 112 Å². The van der Waals surface area contributed by atoms with E-state index < -0.39 is 5.92 Å². The largest absolute Gasteiger partial charge is 0.310 e. The summed E-state index contributed by atoms with van der Waals surface area (Å²) < 4.78 is 26.5. The quantitative estimate of drug-likeness (QED) is 0.849. The third kappa shape index (κ3) is 3.09. The molecule has 0 saturated heterocycles. The maximum Gasteiger partial charge on any atom is 0.248 e. The molecule has 18 heavy (non-hydrogen) atoms. The minimum absolute atomic E-state index is 0.0444. The second-order valence-electron chi connectivity index (χ2n) is 5.16. The number of halogens is 2. The Morgan fingerprint density at radius 3 is 2.61 bits per heavy atom. The van der Waals surface area contributed by atoms with E-state index in [2.05, 4.69) is 30.6 Å². The lowest BCUT2D eigenvalue weighted by molar-refractivity contribution is -0.0497. The summed E-state index contributed by atoms with van der Waals surface area (Å²) in [5.74, 6) is -2.09. The average molecular weight is 273 g/mol. The second-order valence-corrected chi connectivity index (χ2v) is 6.28. The van der Waals surface area contributed by atoms with Gasteiger partial charge < -0.3 is 5.32 Å². The molecule has 1 aliphatic carbocycles. The van der Waals surface area contributed by atoms with Gasteiger partial charge in [-0.2, -0.15) is 0 Å². The summed E-state index contributed by atoms with van der Waals surface area (Å²) in [5, 5.41) is 5.57. The van der Waals surface area contributed by atoms with Gasteiger partial charge in [-0.15, -0.1) is 11.3 Å². The van der Waals surface area contributed by atoms with E-state index in [-0.39, 0.29) is 18.9 Å². The van der Waals surface area contributed by atoms with Gasteiger partial charge in [0.15, 0.2) is 0 Å². The fourth-order valence-electron chi connectivity index (χ4n) is 2.86. The van der Waals surface area contributed by atoms with Crippen molar-refractivity contribution in [1.29, 1.82) is 0 Å². The molecule has 0 aromatic carbocycles. The van der Waals surface area contributed by atoms with Gasteiger partial charge in [0.2, 0.25) is 5.92 Å². The lowest BCUT2D eigenvalue weighted by Crippen LogP contribution is -2.34. The van der Waals surface area contributed by atoms with E-state index in [1.54, 1.807) is 11.3 Å². The van der Waals surface area contributed by atoms with Crippen LogP contribution >= 0.6 is 11.3 Å². The van der Waals surface area contributed by atoms with Crippen LogP contribution in [0.3, 0.4) is 0 Å². The average Bonchev–Trinajstić information content (AvgIpc) is 2.73. The van der Waals surface area contributed by atoms with Gasteiger partial charge in [-0.3, -0.25) is 0 Å². The Kier molecular flexibility index (Phi) is 4.38. The molecular weight excluding hydrogens is 252 g/mol. The van der Waals surface area contributed by atoms with Crippen molar-refractivity contribution < 1.29 is 8.78 Å². The molecule has 1 saturated carbocycles. The molecule has 1 N–H and O–H groups in total. The van der Waals surface area contributed by atoms with Crippen molar-refractivity contribution in [2.45, 2.75) is 51.5 Å². The Bertz CT molecular complexity index is 379. The summed E-state index contributed by atoms with van der Waals surface area (Å²) >= 11 is 1.73. The van der Waals surface area contributed by atoms with Crippen LogP contribution in [0, 0.1) is 12.8 Å². The van der Waals surface area contributed by atoms with Gasteiger partial charge in [-0.1, -0.05) is 6.92 Å². The SMILES string of the molecule is CCNC(c1ccsc1C)C1CCC(F)(F)CC1. The van der Waals surface area contributed by atoms with E-state index >= 15 is 0 Å². The van der Waals surface area contributed by atoms with Crippen LogP contribution < -0.4 is 5.32 Å². The van der Waals surface area contributed by atoms with Gasteiger partial charge in [0, 0.05) is 23.8 Å². The lowest BCUT2D eigenvalue weighted by atomic mass is 9.79. The molecule has 1 nitrogen and oxygen atoms in total. The van der Waals surface area contributed by atoms with E-state index in [1.807, 2.05) is 0 Å². The van der Waals surface area contributed by atoms with Crippen LogP contribution in [0.2, 0.25) is 0 Å². The molecule has 1 heterocycles. The first-order valence-corrected chi connectivity index (χ1v) is 7.56. The van der Waals surface area contributed by atoms with Crippen molar-refractivity contribution in [3.8, 4) is 0 Å². The second kappa shape index (κ2) is 5.66. The van der Waals surface area contributed by atoms with Gasteiger partial charge in [-0.05, 0) is 49.2 Å². The van der Waals surface area contributed by atoms with Crippen molar-refractivity contribution in [3.05, 3.63) is 21.9 Å². The predicted molar refractivity (Wildman–Crippen MR) is 72.4 cm³/mol. The maximum absolute atomic E-state index is 13.2. The normalized spacial score (nSPS) is 22.0. The highest BCUT2D eigenvalue weighted by atomic mass is 32.1. The fourth-order valence-corrected chi connectivity index (χ4v) is 3.61. The molecule has 1 unspecified atom stereocenters. The van der Waals surface area contributed by atoms with Crippen LogP contribution in [-0.4, -0.2) is 12.5 Å². The molecule has 0 aliphatic heterocycles. The number of aryl methyl sites for hydroxylation is 1. The molecule has 0 radical (unpaired) electrons. The van der Waals surface area contributed by atoms with E-state index in [4.69, 9.17) is 0 Å². The summed E-state index contributed by atoms with van der Waals surface area (Å²) in [4.78, 5) is 1.30. The van der Waals surface area contributed by atoms with Crippen molar-refractivity contribution in [1.82, 2.24) is 5.32 Å². The van der Waals surface area contributed by atoms with Crippen LogP contribution in [0.15, 0.2) is 11.4 Å². The summed E-state index contributed by atoms with van der Waals surface area (Å²) in [6, 6.07) is 2.39. The van der Waals surface area contributed by atoms with E-state index in [1.165, 1.54) is 10.4 Å². The number of nitrogens with one attached hydrogen (secondary N) is 1. The maximum atomic E-state index is 13.2. The monoisotopic (exact) mass is 273 g/mol.